The van der Waals surface area contributed by atoms with Crippen LogP contribution >= 0.6 is 0 Å². The quantitative estimate of drug-likeness (QED) is 0.683. The molecule has 2 saturated carbocycles. The van der Waals surface area contributed by atoms with E-state index in [4.69, 9.17) is 4.74 Å². The van der Waals surface area contributed by atoms with Crippen molar-refractivity contribution < 1.29 is 9.84 Å². The molecule has 2 N–H and O–H groups in total. The second-order valence-corrected chi connectivity index (χ2v) is 7.06. The van der Waals surface area contributed by atoms with Crippen LogP contribution in [0.15, 0.2) is 0 Å². The first kappa shape index (κ1) is 16.3. The molecule has 0 heterocycles. The predicted octanol–water partition coefficient (Wildman–Crippen LogP) is 3.11. The average molecular weight is 283 g/mol. The van der Waals surface area contributed by atoms with Gasteiger partial charge in [0.15, 0.2) is 0 Å². The van der Waals surface area contributed by atoms with Crippen molar-refractivity contribution in [1.82, 2.24) is 5.32 Å². The maximum atomic E-state index is 10.0. The summed E-state index contributed by atoms with van der Waals surface area (Å²) in [6.07, 6.45) is 10.2. The standard InChI is InChI=1S/C17H33NO2/c1-3-15(10-14-6-7-14)18-11-16(19)12-20-17-8-4-13(2)5-9-17/h13-19H,3-12H2,1-2H3. The third-order valence-electron chi connectivity index (χ3n) is 4.94. The van der Waals surface area contributed by atoms with Gasteiger partial charge in [0.05, 0.1) is 18.8 Å². The van der Waals surface area contributed by atoms with E-state index in [2.05, 4.69) is 19.2 Å². The Bertz CT molecular complexity index is 260. The van der Waals surface area contributed by atoms with Gasteiger partial charge in [0.2, 0.25) is 0 Å². The SMILES string of the molecule is CCC(CC1CC1)NCC(O)COC1CCC(C)CC1. The van der Waals surface area contributed by atoms with Gasteiger partial charge in [-0.1, -0.05) is 26.7 Å². The van der Waals surface area contributed by atoms with E-state index in [9.17, 15) is 5.11 Å². The molecule has 2 atom stereocenters. The third-order valence-corrected chi connectivity index (χ3v) is 4.94. The maximum Gasteiger partial charge on any atom is 0.0897 e. The summed E-state index contributed by atoms with van der Waals surface area (Å²) in [5.41, 5.74) is 0. The van der Waals surface area contributed by atoms with E-state index in [1.54, 1.807) is 0 Å². The summed E-state index contributed by atoms with van der Waals surface area (Å²) in [7, 11) is 0. The van der Waals surface area contributed by atoms with Crippen molar-refractivity contribution in [2.45, 2.75) is 83.5 Å². The average Bonchev–Trinajstić information content (AvgIpc) is 3.26. The van der Waals surface area contributed by atoms with Gasteiger partial charge in [0.1, 0.15) is 0 Å². The molecule has 118 valence electrons. The minimum absolute atomic E-state index is 0.359. The van der Waals surface area contributed by atoms with Gasteiger partial charge in [-0.3, -0.25) is 0 Å². The van der Waals surface area contributed by atoms with Crippen molar-refractivity contribution in [3.05, 3.63) is 0 Å². The van der Waals surface area contributed by atoms with E-state index in [-0.39, 0.29) is 6.10 Å². The van der Waals surface area contributed by atoms with Crippen molar-refractivity contribution >= 4 is 0 Å². The van der Waals surface area contributed by atoms with Crippen molar-refractivity contribution in [2.75, 3.05) is 13.2 Å². The molecule has 0 aromatic carbocycles. The Balaban J connectivity index is 1.53. The maximum absolute atomic E-state index is 10.0. The molecule has 0 aromatic heterocycles. The molecule has 2 aliphatic rings. The van der Waals surface area contributed by atoms with Gasteiger partial charge >= 0.3 is 0 Å². The summed E-state index contributed by atoms with van der Waals surface area (Å²) >= 11 is 0. The molecule has 0 bridgehead atoms. The Hall–Kier alpha value is -0.120. The Morgan fingerprint density at radius 1 is 1.15 bits per heavy atom. The highest BCUT2D eigenvalue weighted by molar-refractivity contribution is 4.80. The zero-order chi connectivity index (χ0) is 14.4. The van der Waals surface area contributed by atoms with E-state index in [0.717, 1.165) is 18.3 Å². The number of aliphatic hydroxyl groups is 1. The molecular weight excluding hydrogens is 250 g/mol. The van der Waals surface area contributed by atoms with E-state index in [1.807, 2.05) is 0 Å². The normalized spacial score (nSPS) is 30.1. The smallest absolute Gasteiger partial charge is 0.0897 e. The second kappa shape index (κ2) is 8.35. The van der Waals surface area contributed by atoms with Crippen molar-refractivity contribution in [3.8, 4) is 0 Å². The Morgan fingerprint density at radius 2 is 1.85 bits per heavy atom. The monoisotopic (exact) mass is 283 g/mol. The lowest BCUT2D eigenvalue weighted by Gasteiger charge is -2.27. The summed E-state index contributed by atoms with van der Waals surface area (Å²) in [6.45, 7) is 5.71. The molecule has 0 aliphatic heterocycles. The summed E-state index contributed by atoms with van der Waals surface area (Å²) in [6, 6.07) is 0.577. The van der Waals surface area contributed by atoms with Gasteiger partial charge in [-0.2, -0.15) is 0 Å². The first-order chi connectivity index (χ1) is 9.67. The molecule has 0 spiro atoms. The first-order valence-corrected chi connectivity index (χ1v) is 8.70. The third kappa shape index (κ3) is 6.11. The molecule has 3 heteroatoms. The highest BCUT2D eigenvalue weighted by Crippen LogP contribution is 2.34. The minimum atomic E-state index is -0.359. The molecule has 2 aliphatic carbocycles. The van der Waals surface area contributed by atoms with Crippen LogP contribution in [0.4, 0.5) is 0 Å². The minimum Gasteiger partial charge on any atom is -0.389 e. The van der Waals surface area contributed by atoms with Crippen LogP contribution in [0, 0.1) is 11.8 Å². The zero-order valence-corrected chi connectivity index (χ0v) is 13.3. The van der Waals surface area contributed by atoms with Crippen LogP contribution in [0.25, 0.3) is 0 Å². The van der Waals surface area contributed by atoms with Crippen LogP contribution in [0.5, 0.6) is 0 Å². The lowest BCUT2D eigenvalue weighted by atomic mass is 9.89. The fraction of sp³-hybridized carbons (Fsp3) is 1.00. The van der Waals surface area contributed by atoms with Crippen LogP contribution in [-0.2, 0) is 4.74 Å². The lowest BCUT2D eigenvalue weighted by Crippen LogP contribution is -2.38. The molecule has 3 nitrogen and oxygen atoms in total. The van der Waals surface area contributed by atoms with Crippen LogP contribution < -0.4 is 5.32 Å². The van der Waals surface area contributed by atoms with Gasteiger partial charge in [0.25, 0.3) is 0 Å². The van der Waals surface area contributed by atoms with Gasteiger partial charge in [-0.25, -0.2) is 0 Å². The van der Waals surface area contributed by atoms with Crippen LogP contribution in [-0.4, -0.2) is 36.5 Å². The van der Waals surface area contributed by atoms with E-state index in [0.29, 0.717) is 25.3 Å². The highest BCUT2D eigenvalue weighted by atomic mass is 16.5. The second-order valence-electron chi connectivity index (χ2n) is 7.06. The molecule has 20 heavy (non-hydrogen) atoms. The van der Waals surface area contributed by atoms with E-state index >= 15 is 0 Å². The van der Waals surface area contributed by atoms with Gasteiger partial charge in [0, 0.05) is 12.6 Å². The number of hydrogen-bond acceptors (Lipinski definition) is 3. The summed E-state index contributed by atoms with van der Waals surface area (Å²) < 4.78 is 5.86. The number of ether oxygens (including phenoxy) is 1. The number of hydrogen-bond donors (Lipinski definition) is 2. The van der Waals surface area contributed by atoms with E-state index in [1.165, 1.54) is 44.9 Å². The van der Waals surface area contributed by atoms with Crippen LogP contribution in [0.2, 0.25) is 0 Å². The molecule has 0 aromatic rings. The summed E-state index contributed by atoms with van der Waals surface area (Å²) in [5, 5.41) is 13.5. The first-order valence-electron chi connectivity index (χ1n) is 8.70. The summed E-state index contributed by atoms with van der Waals surface area (Å²) in [5.74, 6) is 1.80. The highest BCUT2D eigenvalue weighted by Gasteiger charge is 2.25. The van der Waals surface area contributed by atoms with Crippen LogP contribution in [0.1, 0.15) is 65.2 Å². The van der Waals surface area contributed by atoms with Crippen LogP contribution in [0.3, 0.4) is 0 Å². The zero-order valence-electron chi connectivity index (χ0n) is 13.3. The van der Waals surface area contributed by atoms with E-state index < -0.39 is 0 Å². The van der Waals surface area contributed by atoms with Gasteiger partial charge in [-0.15, -0.1) is 0 Å². The van der Waals surface area contributed by atoms with Crippen molar-refractivity contribution in [1.29, 1.82) is 0 Å². The molecule has 2 unspecified atom stereocenters. The molecule has 2 fully saturated rings. The molecule has 0 amide bonds. The number of nitrogens with one attached hydrogen (secondary N) is 1. The number of aliphatic hydroxyl groups excluding tert-OH is 1. The fourth-order valence-corrected chi connectivity index (χ4v) is 3.16. The van der Waals surface area contributed by atoms with Crippen molar-refractivity contribution in [3.63, 3.8) is 0 Å². The Labute approximate surface area is 124 Å². The molecular formula is C17H33NO2. The van der Waals surface area contributed by atoms with Gasteiger partial charge < -0.3 is 15.2 Å². The van der Waals surface area contributed by atoms with Gasteiger partial charge in [-0.05, 0) is 50.4 Å². The number of rotatable bonds is 9. The predicted molar refractivity (Wildman–Crippen MR) is 82.8 cm³/mol. The van der Waals surface area contributed by atoms with Crippen molar-refractivity contribution in [2.24, 2.45) is 11.8 Å². The summed E-state index contributed by atoms with van der Waals surface area (Å²) in [4.78, 5) is 0. The fourth-order valence-electron chi connectivity index (χ4n) is 3.16. The topological polar surface area (TPSA) is 41.5 Å². The molecule has 2 rings (SSSR count). The molecule has 0 radical (unpaired) electrons. The lowest BCUT2D eigenvalue weighted by molar-refractivity contribution is -0.0285. The molecule has 0 saturated heterocycles. The Kier molecular flexibility index (Phi) is 6.79. The largest absolute Gasteiger partial charge is 0.389 e. The Morgan fingerprint density at radius 3 is 2.45 bits per heavy atom.